The normalized spacial score (nSPS) is 17.0. The van der Waals surface area contributed by atoms with E-state index in [1.54, 1.807) is 43.8 Å². The molecule has 2 atom stereocenters. The highest BCUT2D eigenvalue weighted by atomic mass is 16.5. The van der Waals surface area contributed by atoms with Gasteiger partial charge in [-0.2, -0.15) is 0 Å². The van der Waals surface area contributed by atoms with E-state index in [9.17, 15) is 14.4 Å². The van der Waals surface area contributed by atoms with Crippen LogP contribution in [0.3, 0.4) is 0 Å². The highest BCUT2D eigenvalue weighted by molar-refractivity contribution is 5.87. The second-order valence-electron chi connectivity index (χ2n) is 7.87. The molecule has 8 nitrogen and oxygen atoms in total. The molecule has 32 heavy (non-hydrogen) atoms. The number of carbonyl (C=O) groups is 3. The lowest BCUT2D eigenvalue weighted by Crippen LogP contribution is -2.44. The number of pyridine rings is 2. The fourth-order valence-corrected chi connectivity index (χ4v) is 3.92. The Kier molecular flexibility index (Phi) is 8.71. The van der Waals surface area contributed by atoms with Gasteiger partial charge in [-0.25, -0.2) is 0 Å². The Morgan fingerprint density at radius 2 is 2.03 bits per heavy atom. The summed E-state index contributed by atoms with van der Waals surface area (Å²) in [5.74, 6) is -1.59. The fourth-order valence-electron chi connectivity index (χ4n) is 3.92. The number of esters is 1. The van der Waals surface area contributed by atoms with Crippen LogP contribution >= 0.6 is 0 Å². The van der Waals surface area contributed by atoms with Crippen LogP contribution in [0.1, 0.15) is 43.2 Å². The molecule has 3 heterocycles. The first kappa shape index (κ1) is 23.4. The van der Waals surface area contributed by atoms with Crippen molar-refractivity contribution in [3.05, 3.63) is 60.2 Å². The molecular weight excluding hydrogens is 408 g/mol. The monoisotopic (exact) mass is 438 g/mol. The summed E-state index contributed by atoms with van der Waals surface area (Å²) in [6.07, 6.45) is 9.17. The molecule has 1 aliphatic heterocycles. The van der Waals surface area contributed by atoms with E-state index >= 15 is 0 Å². The second kappa shape index (κ2) is 11.9. The Morgan fingerprint density at radius 3 is 2.75 bits per heavy atom. The predicted octanol–water partition coefficient (Wildman–Crippen LogP) is 2.11. The molecule has 1 saturated heterocycles. The van der Waals surface area contributed by atoms with Gasteiger partial charge in [0.2, 0.25) is 11.8 Å². The number of hydrogen-bond donors (Lipinski definition) is 1. The SMILES string of the molecule is CCOC(=O)[C@H](CNC(=O)CC1CCCN(CCc2ccncc2)C1=O)c1cccnc1. The quantitative estimate of drug-likeness (QED) is 0.570. The zero-order chi connectivity index (χ0) is 22.8. The summed E-state index contributed by atoms with van der Waals surface area (Å²) in [5.41, 5.74) is 1.82. The minimum Gasteiger partial charge on any atom is -0.465 e. The number of nitrogens with one attached hydrogen (secondary N) is 1. The zero-order valence-electron chi connectivity index (χ0n) is 18.4. The van der Waals surface area contributed by atoms with E-state index in [1.807, 2.05) is 17.0 Å². The van der Waals surface area contributed by atoms with Gasteiger partial charge in [0.1, 0.15) is 5.92 Å². The van der Waals surface area contributed by atoms with E-state index in [0.717, 1.165) is 18.4 Å². The van der Waals surface area contributed by atoms with Gasteiger partial charge in [0.05, 0.1) is 6.61 Å². The van der Waals surface area contributed by atoms with Crippen LogP contribution in [0.4, 0.5) is 0 Å². The Morgan fingerprint density at radius 1 is 1.22 bits per heavy atom. The van der Waals surface area contributed by atoms with E-state index in [0.29, 0.717) is 25.1 Å². The molecule has 1 aliphatic rings. The number of rotatable bonds is 10. The summed E-state index contributed by atoms with van der Waals surface area (Å²) in [6.45, 7) is 3.46. The van der Waals surface area contributed by atoms with Gasteiger partial charge in [-0.1, -0.05) is 6.07 Å². The number of carbonyl (C=O) groups excluding carboxylic acids is 3. The molecular formula is C24H30N4O4. The predicted molar refractivity (Wildman–Crippen MR) is 118 cm³/mol. The van der Waals surface area contributed by atoms with Crippen LogP contribution < -0.4 is 5.32 Å². The van der Waals surface area contributed by atoms with Gasteiger partial charge >= 0.3 is 5.97 Å². The van der Waals surface area contributed by atoms with E-state index in [1.165, 1.54) is 0 Å². The van der Waals surface area contributed by atoms with Gasteiger partial charge in [-0.05, 0) is 55.5 Å². The lowest BCUT2D eigenvalue weighted by Gasteiger charge is -2.32. The standard InChI is InChI=1S/C24H30N4O4/c1-2-32-24(31)21(20-5-3-10-26-16-20)17-27-22(29)15-19-6-4-13-28(23(19)30)14-9-18-7-11-25-12-8-18/h3,5,7-8,10-12,16,19,21H,2,4,6,9,13-15,17H2,1H3,(H,27,29)/t19?,21-/m1/s1. The van der Waals surface area contributed by atoms with Crippen LogP contribution in [0, 0.1) is 5.92 Å². The molecule has 0 saturated carbocycles. The molecule has 2 amide bonds. The molecule has 3 rings (SSSR count). The maximum atomic E-state index is 12.9. The molecule has 0 spiro atoms. The van der Waals surface area contributed by atoms with Crippen molar-refractivity contribution in [3.8, 4) is 0 Å². The molecule has 170 valence electrons. The average molecular weight is 439 g/mol. The third kappa shape index (κ3) is 6.60. The number of nitrogens with zero attached hydrogens (tertiary/aromatic N) is 3. The minimum absolute atomic E-state index is 0.0228. The first-order valence-corrected chi connectivity index (χ1v) is 11.1. The molecule has 2 aromatic rings. The molecule has 8 heteroatoms. The van der Waals surface area contributed by atoms with E-state index in [2.05, 4.69) is 15.3 Å². The van der Waals surface area contributed by atoms with E-state index < -0.39 is 11.9 Å². The third-order valence-corrected chi connectivity index (χ3v) is 5.65. The zero-order valence-corrected chi connectivity index (χ0v) is 18.4. The first-order chi connectivity index (χ1) is 15.6. The lowest BCUT2D eigenvalue weighted by atomic mass is 9.93. The van der Waals surface area contributed by atoms with Crippen LogP contribution in [0.15, 0.2) is 49.1 Å². The Hall–Kier alpha value is -3.29. The molecule has 0 bridgehead atoms. The van der Waals surface area contributed by atoms with Crippen molar-refractivity contribution in [2.24, 2.45) is 5.92 Å². The Balaban J connectivity index is 1.52. The second-order valence-corrected chi connectivity index (χ2v) is 7.87. The summed E-state index contributed by atoms with van der Waals surface area (Å²) in [5, 5.41) is 2.82. The molecule has 1 unspecified atom stereocenters. The van der Waals surface area contributed by atoms with Crippen molar-refractivity contribution in [2.45, 2.75) is 38.5 Å². The molecule has 0 aliphatic carbocycles. The Labute approximate surface area is 188 Å². The van der Waals surface area contributed by atoms with Gasteiger partial charge in [0.15, 0.2) is 0 Å². The van der Waals surface area contributed by atoms with Gasteiger partial charge in [-0.3, -0.25) is 24.4 Å². The van der Waals surface area contributed by atoms with E-state index in [-0.39, 0.29) is 37.3 Å². The van der Waals surface area contributed by atoms with Crippen molar-refractivity contribution in [1.82, 2.24) is 20.2 Å². The third-order valence-electron chi connectivity index (χ3n) is 5.65. The molecule has 1 N–H and O–H groups in total. The number of ether oxygens (including phenoxy) is 1. The van der Waals surface area contributed by atoms with Crippen LogP contribution in [0.5, 0.6) is 0 Å². The van der Waals surface area contributed by atoms with Gasteiger partial charge < -0.3 is 15.0 Å². The van der Waals surface area contributed by atoms with Crippen LogP contribution in [0.2, 0.25) is 0 Å². The maximum Gasteiger partial charge on any atom is 0.315 e. The fraction of sp³-hybridized carbons (Fsp3) is 0.458. The topological polar surface area (TPSA) is 101 Å². The van der Waals surface area contributed by atoms with Gasteiger partial charge in [-0.15, -0.1) is 0 Å². The summed E-state index contributed by atoms with van der Waals surface area (Å²) in [7, 11) is 0. The van der Waals surface area contributed by atoms with E-state index in [4.69, 9.17) is 4.74 Å². The molecule has 2 aromatic heterocycles. The molecule has 1 fully saturated rings. The number of piperidine rings is 1. The number of likely N-dealkylation sites (tertiary alicyclic amines) is 1. The summed E-state index contributed by atoms with van der Waals surface area (Å²) >= 11 is 0. The van der Waals surface area contributed by atoms with Crippen molar-refractivity contribution < 1.29 is 19.1 Å². The average Bonchev–Trinajstić information content (AvgIpc) is 2.81. The van der Waals surface area contributed by atoms with Crippen molar-refractivity contribution in [2.75, 3.05) is 26.2 Å². The van der Waals surface area contributed by atoms with Crippen molar-refractivity contribution >= 4 is 17.8 Å². The minimum atomic E-state index is -0.633. The lowest BCUT2D eigenvalue weighted by molar-refractivity contribution is -0.145. The molecule has 0 aromatic carbocycles. The Bertz CT molecular complexity index is 891. The van der Waals surface area contributed by atoms with Gasteiger partial charge in [0, 0.05) is 56.8 Å². The molecule has 0 radical (unpaired) electrons. The smallest absolute Gasteiger partial charge is 0.315 e. The number of hydrogen-bond acceptors (Lipinski definition) is 6. The number of aromatic nitrogens is 2. The van der Waals surface area contributed by atoms with Crippen LogP contribution in [-0.2, 0) is 25.5 Å². The van der Waals surface area contributed by atoms with Crippen LogP contribution in [-0.4, -0.2) is 58.9 Å². The largest absolute Gasteiger partial charge is 0.465 e. The maximum absolute atomic E-state index is 12.9. The first-order valence-electron chi connectivity index (χ1n) is 11.1. The van der Waals surface area contributed by atoms with Crippen molar-refractivity contribution in [3.63, 3.8) is 0 Å². The highest BCUT2D eigenvalue weighted by Gasteiger charge is 2.31. The van der Waals surface area contributed by atoms with Gasteiger partial charge in [0.25, 0.3) is 0 Å². The van der Waals surface area contributed by atoms with Crippen molar-refractivity contribution in [1.29, 1.82) is 0 Å². The highest BCUT2D eigenvalue weighted by Crippen LogP contribution is 2.22. The van der Waals surface area contributed by atoms with Crippen LogP contribution in [0.25, 0.3) is 0 Å². The number of amides is 2. The summed E-state index contributed by atoms with van der Waals surface area (Å²) in [6, 6.07) is 7.42. The summed E-state index contributed by atoms with van der Waals surface area (Å²) < 4.78 is 5.15. The summed E-state index contributed by atoms with van der Waals surface area (Å²) in [4.78, 5) is 47.8.